The molecule has 7 rings (SSSR count). The van der Waals surface area contributed by atoms with Gasteiger partial charge < -0.3 is 19.7 Å². The molecule has 0 aliphatic carbocycles. The second-order valence-electron chi connectivity index (χ2n) is 11.8. The van der Waals surface area contributed by atoms with E-state index in [4.69, 9.17) is 0 Å². The van der Waals surface area contributed by atoms with Gasteiger partial charge in [-0.3, -0.25) is 14.5 Å². The van der Waals surface area contributed by atoms with Crippen LogP contribution in [0.15, 0.2) is 47.3 Å². The smallest absolute Gasteiger partial charge is 0.251 e. The van der Waals surface area contributed by atoms with Crippen molar-refractivity contribution in [2.45, 2.75) is 37.8 Å². The highest BCUT2D eigenvalue weighted by Gasteiger charge is 2.42. The van der Waals surface area contributed by atoms with E-state index in [-0.39, 0.29) is 11.5 Å². The lowest BCUT2D eigenvalue weighted by Gasteiger charge is -2.52. The van der Waals surface area contributed by atoms with Crippen molar-refractivity contribution in [1.29, 1.82) is 0 Å². The lowest BCUT2D eigenvalue weighted by atomic mass is 9.74. The topological polar surface area (TPSA) is 60.8 Å². The lowest BCUT2D eigenvalue weighted by Crippen LogP contribution is -2.59. The van der Waals surface area contributed by atoms with Crippen LogP contribution in [0.5, 0.6) is 0 Å². The molecule has 5 aliphatic rings. The molecule has 2 aromatic rings. The fraction of sp³-hybridized carbons (Fsp3) is 0.586. The predicted octanol–water partition coefficient (Wildman–Crippen LogP) is 2.47. The van der Waals surface area contributed by atoms with Crippen LogP contribution in [0, 0.1) is 17.8 Å². The van der Waals surface area contributed by atoms with Gasteiger partial charge in [-0.05, 0) is 73.9 Å². The van der Waals surface area contributed by atoms with Gasteiger partial charge in [-0.15, -0.1) is 0 Å². The normalized spacial score (nSPS) is 31.1. The number of hydrogen-bond donors (Lipinski definition) is 1. The molecule has 7 heteroatoms. The summed E-state index contributed by atoms with van der Waals surface area (Å²) in [6.45, 7) is 7.27. The molecule has 1 aromatic heterocycles. The number of rotatable bonds is 6. The van der Waals surface area contributed by atoms with E-state index in [9.17, 15) is 9.59 Å². The molecule has 4 fully saturated rings. The minimum Gasteiger partial charge on any atom is -0.378 e. The fourth-order valence-electron chi connectivity index (χ4n) is 7.37. The Balaban J connectivity index is 1.03. The number of piperidine rings is 4. The molecule has 4 bridgehead atoms. The van der Waals surface area contributed by atoms with Crippen LogP contribution in [0.25, 0.3) is 0 Å². The van der Waals surface area contributed by atoms with Gasteiger partial charge in [0.2, 0.25) is 0 Å². The molecule has 0 spiro atoms. The molecule has 192 valence electrons. The first-order valence-corrected chi connectivity index (χ1v) is 13.7. The minimum absolute atomic E-state index is 0.0266. The number of fused-ring (bicyclic) bond motifs is 7. The highest BCUT2D eigenvalue weighted by molar-refractivity contribution is 5.94. The van der Waals surface area contributed by atoms with E-state index in [2.05, 4.69) is 21.2 Å². The predicted molar refractivity (Wildman–Crippen MR) is 143 cm³/mol. The van der Waals surface area contributed by atoms with Gasteiger partial charge in [-0.1, -0.05) is 6.07 Å². The summed E-state index contributed by atoms with van der Waals surface area (Å²) in [5.41, 5.74) is 3.24. The number of nitrogens with zero attached hydrogens (tertiary/aromatic N) is 4. The molecule has 6 heterocycles. The summed E-state index contributed by atoms with van der Waals surface area (Å²) in [5, 5.41) is 3.21. The Morgan fingerprint density at radius 1 is 1.03 bits per heavy atom. The van der Waals surface area contributed by atoms with Crippen LogP contribution in [0.2, 0.25) is 0 Å². The van der Waals surface area contributed by atoms with Crippen LogP contribution in [0.3, 0.4) is 0 Å². The number of likely N-dealkylation sites (tertiary alicyclic amines) is 1. The number of anilines is 1. The largest absolute Gasteiger partial charge is 0.378 e. The Morgan fingerprint density at radius 3 is 2.61 bits per heavy atom. The molecule has 36 heavy (non-hydrogen) atoms. The third kappa shape index (κ3) is 4.59. The van der Waals surface area contributed by atoms with E-state index in [1.807, 2.05) is 53.9 Å². The maximum atomic E-state index is 12.7. The summed E-state index contributed by atoms with van der Waals surface area (Å²) < 4.78 is 2.03. The number of amides is 1. The van der Waals surface area contributed by atoms with E-state index in [1.54, 1.807) is 6.07 Å². The van der Waals surface area contributed by atoms with E-state index in [0.29, 0.717) is 23.8 Å². The lowest BCUT2D eigenvalue weighted by molar-refractivity contribution is -0.0197. The van der Waals surface area contributed by atoms with Crippen molar-refractivity contribution in [3.63, 3.8) is 0 Å². The van der Waals surface area contributed by atoms with Crippen LogP contribution >= 0.6 is 0 Å². The third-order valence-corrected chi connectivity index (χ3v) is 9.21. The summed E-state index contributed by atoms with van der Waals surface area (Å²) in [5.74, 6) is 2.56. The SMILES string of the molecule is CN(C)c1ccc(C(=O)NCC2CC3CCN2CC3CN2CC3CC(C2)c2cccc(=O)n2C3)cc1. The second kappa shape index (κ2) is 9.67. The number of hydrogen-bond acceptors (Lipinski definition) is 5. The molecule has 5 aliphatic heterocycles. The second-order valence-corrected chi connectivity index (χ2v) is 11.8. The molecule has 1 N–H and O–H groups in total. The molecule has 7 nitrogen and oxygen atoms in total. The average Bonchev–Trinajstić information content (AvgIpc) is 2.88. The van der Waals surface area contributed by atoms with Crippen molar-refractivity contribution in [3.8, 4) is 0 Å². The molecule has 6 unspecified atom stereocenters. The van der Waals surface area contributed by atoms with Gasteiger partial charge in [-0.25, -0.2) is 0 Å². The fourth-order valence-corrected chi connectivity index (χ4v) is 7.37. The number of aromatic nitrogens is 1. The Kier molecular flexibility index (Phi) is 6.38. The maximum absolute atomic E-state index is 12.7. The quantitative estimate of drug-likeness (QED) is 0.676. The highest BCUT2D eigenvalue weighted by Crippen LogP contribution is 2.39. The molecule has 1 aromatic carbocycles. The van der Waals surface area contributed by atoms with E-state index in [0.717, 1.165) is 56.4 Å². The van der Waals surface area contributed by atoms with Crippen molar-refractivity contribution < 1.29 is 4.79 Å². The van der Waals surface area contributed by atoms with Gasteiger partial charge in [0, 0.05) is 88.3 Å². The minimum atomic E-state index is 0.0266. The molecule has 0 radical (unpaired) electrons. The molecular weight excluding hydrogens is 450 g/mol. The molecular formula is C29H39N5O2. The van der Waals surface area contributed by atoms with E-state index >= 15 is 0 Å². The van der Waals surface area contributed by atoms with E-state index in [1.165, 1.54) is 31.5 Å². The van der Waals surface area contributed by atoms with Gasteiger partial charge in [-0.2, -0.15) is 0 Å². The number of pyridine rings is 1. The average molecular weight is 490 g/mol. The summed E-state index contributed by atoms with van der Waals surface area (Å²) in [7, 11) is 4.01. The van der Waals surface area contributed by atoms with Crippen LogP contribution in [0.4, 0.5) is 5.69 Å². The Morgan fingerprint density at radius 2 is 1.86 bits per heavy atom. The van der Waals surface area contributed by atoms with Crippen LogP contribution in [0.1, 0.15) is 41.2 Å². The first kappa shape index (κ1) is 23.7. The molecule has 4 saturated heterocycles. The van der Waals surface area contributed by atoms with Gasteiger partial charge in [0.25, 0.3) is 11.5 Å². The molecule has 6 atom stereocenters. The maximum Gasteiger partial charge on any atom is 0.251 e. The number of carbonyl (C=O) groups is 1. The zero-order valence-electron chi connectivity index (χ0n) is 21.6. The summed E-state index contributed by atoms with van der Waals surface area (Å²) in [4.78, 5) is 32.4. The Labute approximate surface area is 214 Å². The number of carbonyl (C=O) groups excluding carboxylic acids is 1. The number of nitrogens with one attached hydrogen (secondary N) is 1. The van der Waals surface area contributed by atoms with Crippen molar-refractivity contribution in [2.75, 3.05) is 58.3 Å². The Bertz CT molecular complexity index is 1160. The summed E-state index contributed by atoms with van der Waals surface area (Å²) in [6.07, 6.45) is 3.68. The summed E-state index contributed by atoms with van der Waals surface area (Å²) >= 11 is 0. The zero-order chi connectivity index (χ0) is 24.8. The first-order chi connectivity index (χ1) is 17.4. The molecule has 0 saturated carbocycles. The van der Waals surface area contributed by atoms with Gasteiger partial charge in [0.05, 0.1) is 0 Å². The number of benzene rings is 1. The van der Waals surface area contributed by atoms with Crippen molar-refractivity contribution in [1.82, 2.24) is 19.7 Å². The van der Waals surface area contributed by atoms with Crippen molar-refractivity contribution >= 4 is 11.6 Å². The van der Waals surface area contributed by atoms with Crippen molar-refractivity contribution in [3.05, 3.63) is 64.1 Å². The van der Waals surface area contributed by atoms with Crippen LogP contribution in [-0.4, -0.2) is 79.7 Å². The first-order valence-electron chi connectivity index (χ1n) is 13.7. The zero-order valence-corrected chi connectivity index (χ0v) is 21.6. The van der Waals surface area contributed by atoms with Crippen LogP contribution in [-0.2, 0) is 6.54 Å². The standard InChI is InChI=1S/C29H39N5O2/c1-31(2)25-8-6-21(7-9-25)29(36)30-14-26-13-22-10-11-33(26)19-24(22)18-32-15-20-12-23(17-32)27-4-3-5-28(35)34(27)16-20/h3-9,20,22-24,26H,10-19H2,1-2H3,(H,30,36). The van der Waals surface area contributed by atoms with Crippen molar-refractivity contribution in [2.24, 2.45) is 17.8 Å². The van der Waals surface area contributed by atoms with Gasteiger partial charge >= 0.3 is 0 Å². The highest BCUT2D eigenvalue weighted by atomic mass is 16.1. The monoisotopic (exact) mass is 489 g/mol. The van der Waals surface area contributed by atoms with Crippen LogP contribution < -0.4 is 15.8 Å². The molecule has 1 amide bonds. The van der Waals surface area contributed by atoms with Gasteiger partial charge in [0.1, 0.15) is 0 Å². The van der Waals surface area contributed by atoms with E-state index < -0.39 is 0 Å². The van der Waals surface area contributed by atoms with Gasteiger partial charge in [0.15, 0.2) is 0 Å². The Hall–Kier alpha value is -2.64. The summed E-state index contributed by atoms with van der Waals surface area (Å²) in [6, 6.07) is 14.1. The third-order valence-electron chi connectivity index (χ3n) is 9.21.